The second-order valence-corrected chi connectivity index (χ2v) is 6.23. The number of nitrogens with one attached hydrogen (secondary N) is 1. The lowest BCUT2D eigenvalue weighted by Crippen LogP contribution is -2.26. The maximum Gasteiger partial charge on any atom is 0.269 e. The van der Waals surface area contributed by atoms with E-state index < -0.39 is 4.92 Å². The molecule has 1 N–H and O–H groups in total. The summed E-state index contributed by atoms with van der Waals surface area (Å²) in [4.78, 5) is 22.5. The molecule has 0 saturated heterocycles. The first kappa shape index (κ1) is 16.2. The number of fused-ring (bicyclic) bond motifs is 1. The van der Waals surface area contributed by atoms with Gasteiger partial charge in [0.15, 0.2) is 0 Å². The predicted molar refractivity (Wildman–Crippen MR) is 92.1 cm³/mol. The number of aryl methyl sites for hydroxylation is 2. The van der Waals surface area contributed by atoms with Gasteiger partial charge in [-0.1, -0.05) is 18.2 Å². The summed E-state index contributed by atoms with van der Waals surface area (Å²) in [6.45, 7) is 1.95. The van der Waals surface area contributed by atoms with E-state index in [0.717, 1.165) is 18.4 Å². The van der Waals surface area contributed by atoms with E-state index >= 15 is 0 Å². The third-order valence-electron chi connectivity index (χ3n) is 4.56. The van der Waals surface area contributed by atoms with Gasteiger partial charge in [-0.2, -0.15) is 0 Å². The fourth-order valence-electron chi connectivity index (χ4n) is 3.12. The van der Waals surface area contributed by atoms with Crippen molar-refractivity contribution >= 4 is 11.6 Å². The highest BCUT2D eigenvalue weighted by atomic mass is 16.6. The number of amides is 1. The average molecular weight is 324 g/mol. The first-order chi connectivity index (χ1) is 11.5. The quantitative estimate of drug-likeness (QED) is 0.683. The molecule has 24 heavy (non-hydrogen) atoms. The number of carbonyl (C=O) groups excluding carboxylic acids is 1. The Hall–Kier alpha value is -2.69. The summed E-state index contributed by atoms with van der Waals surface area (Å²) in [6.07, 6.45) is 4.71. The van der Waals surface area contributed by atoms with Crippen molar-refractivity contribution in [2.24, 2.45) is 0 Å². The lowest BCUT2D eigenvalue weighted by molar-refractivity contribution is -0.384. The van der Waals surface area contributed by atoms with Gasteiger partial charge in [-0.3, -0.25) is 14.9 Å². The molecule has 0 aromatic heterocycles. The molecule has 2 aromatic rings. The molecule has 0 heterocycles. The van der Waals surface area contributed by atoms with Crippen molar-refractivity contribution in [2.75, 3.05) is 0 Å². The normalized spacial score (nSPS) is 14.5. The molecular formula is C19H20N2O3. The first-order valence-electron chi connectivity index (χ1n) is 8.21. The molecule has 0 radical (unpaired) electrons. The molecule has 1 aliphatic rings. The predicted octanol–water partition coefficient (Wildman–Crippen LogP) is 3.96. The summed E-state index contributed by atoms with van der Waals surface area (Å²) < 4.78 is 0. The van der Waals surface area contributed by atoms with Gasteiger partial charge < -0.3 is 5.32 Å². The topological polar surface area (TPSA) is 72.2 Å². The van der Waals surface area contributed by atoms with Crippen molar-refractivity contribution in [3.63, 3.8) is 0 Å². The summed E-state index contributed by atoms with van der Waals surface area (Å²) in [5.74, 6) is -0.227. The van der Waals surface area contributed by atoms with Crippen LogP contribution in [-0.2, 0) is 12.8 Å². The third kappa shape index (κ3) is 3.45. The number of nitrogens with zero attached hydrogens (tertiary/aromatic N) is 1. The molecule has 0 unspecified atom stereocenters. The lowest BCUT2D eigenvalue weighted by atomic mass is 9.89. The average Bonchev–Trinajstić information content (AvgIpc) is 2.61. The number of rotatable bonds is 4. The van der Waals surface area contributed by atoms with Crippen LogP contribution in [0.3, 0.4) is 0 Å². The van der Waals surface area contributed by atoms with Crippen molar-refractivity contribution < 1.29 is 9.72 Å². The van der Waals surface area contributed by atoms with Gasteiger partial charge in [-0.05, 0) is 61.4 Å². The molecule has 0 bridgehead atoms. The van der Waals surface area contributed by atoms with Gasteiger partial charge in [0, 0.05) is 17.7 Å². The minimum Gasteiger partial charge on any atom is -0.346 e. The van der Waals surface area contributed by atoms with Gasteiger partial charge in [0.1, 0.15) is 0 Å². The van der Waals surface area contributed by atoms with Crippen LogP contribution in [0.1, 0.15) is 52.9 Å². The van der Waals surface area contributed by atoms with Gasteiger partial charge in [-0.15, -0.1) is 0 Å². The highest BCUT2D eigenvalue weighted by molar-refractivity contribution is 5.94. The Morgan fingerprint density at radius 2 is 1.75 bits per heavy atom. The molecule has 5 nitrogen and oxygen atoms in total. The Labute approximate surface area is 140 Å². The van der Waals surface area contributed by atoms with E-state index in [4.69, 9.17) is 0 Å². The van der Waals surface area contributed by atoms with Gasteiger partial charge in [0.05, 0.1) is 11.0 Å². The monoisotopic (exact) mass is 324 g/mol. The number of nitro benzene ring substituents is 1. The number of carbonyl (C=O) groups is 1. The lowest BCUT2D eigenvalue weighted by Gasteiger charge is -2.20. The minimum absolute atomic E-state index is 0.0192. The molecule has 1 amide bonds. The van der Waals surface area contributed by atoms with Crippen LogP contribution in [0.15, 0.2) is 42.5 Å². The molecular weight excluding hydrogens is 304 g/mol. The van der Waals surface area contributed by atoms with Crippen molar-refractivity contribution in [3.05, 3.63) is 74.8 Å². The Morgan fingerprint density at radius 1 is 1.08 bits per heavy atom. The van der Waals surface area contributed by atoms with Crippen LogP contribution >= 0.6 is 0 Å². The summed E-state index contributed by atoms with van der Waals surface area (Å²) in [5, 5.41) is 13.6. The van der Waals surface area contributed by atoms with Gasteiger partial charge in [0.25, 0.3) is 11.6 Å². The maximum absolute atomic E-state index is 12.3. The minimum atomic E-state index is -0.475. The smallest absolute Gasteiger partial charge is 0.269 e. The zero-order valence-corrected chi connectivity index (χ0v) is 13.6. The van der Waals surface area contributed by atoms with E-state index in [0.29, 0.717) is 5.56 Å². The first-order valence-corrected chi connectivity index (χ1v) is 8.21. The van der Waals surface area contributed by atoms with Gasteiger partial charge in [0.2, 0.25) is 0 Å². The van der Waals surface area contributed by atoms with E-state index in [1.54, 1.807) is 0 Å². The fraction of sp³-hybridized carbons (Fsp3) is 0.316. The second-order valence-electron chi connectivity index (χ2n) is 6.23. The molecule has 0 spiro atoms. The molecule has 0 saturated carbocycles. The summed E-state index contributed by atoms with van der Waals surface area (Å²) in [5.41, 5.74) is 4.29. The summed E-state index contributed by atoms with van der Waals surface area (Å²) >= 11 is 0. The number of hydrogen-bond donors (Lipinski definition) is 1. The third-order valence-corrected chi connectivity index (χ3v) is 4.56. The molecule has 5 heteroatoms. The van der Waals surface area contributed by atoms with Crippen LogP contribution in [0.5, 0.6) is 0 Å². The highest BCUT2D eigenvalue weighted by Gasteiger charge is 2.15. The Bertz CT molecular complexity index is 769. The largest absolute Gasteiger partial charge is 0.346 e. The Kier molecular flexibility index (Phi) is 4.60. The van der Waals surface area contributed by atoms with Crippen molar-refractivity contribution in [1.29, 1.82) is 0 Å². The van der Waals surface area contributed by atoms with E-state index in [-0.39, 0.29) is 17.6 Å². The van der Waals surface area contributed by atoms with Crippen LogP contribution in [-0.4, -0.2) is 10.8 Å². The molecule has 124 valence electrons. The zero-order valence-electron chi connectivity index (χ0n) is 13.6. The van der Waals surface area contributed by atoms with Crippen LogP contribution in [0, 0.1) is 10.1 Å². The van der Waals surface area contributed by atoms with Crippen molar-refractivity contribution in [3.8, 4) is 0 Å². The maximum atomic E-state index is 12.3. The van der Waals surface area contributed by atoms with E-state index in [9.17, 15) is 14.9 Å². The fourth-order valence-corrected chi connectivity index (χ4v) is 3.12. The standard InChI is InChI=1S/C19H20N2O3/c1-13(16-7-6-14-4-2-3-5-17(14)12-16)20-19(22)15-8-10-18(11-9-15)21(23)24/h6-13H,2-5H2,1H3,(H,20,22)/t13-/m1/s1. The second kappa shape index (κ2) is 6.83. The molecule has 2 aromatic carbocycles. The molecule has 0 fully saturated rings. The number of benzene rings is 2. The van der Waals surface area contributed by atoms with Crippen LogP contribution in [0.25, 0.3) is 0 Å². The SMILES string of the molecule is C[C@@H](NC(=O)c1ccc([N+](=O)[O-])cc1)c1ccc2c(c1)CCCC2. The summed E-state index contributed by atoms with van der Waals surface area (Å²) in [6, 6.07) is 12.0. The van der Waals surface area contributed by atoms with Gasteiger partial charge >= 0.3 is 0 Å². The van der Waals surface area contributed by atoms with E-state index in [2.05, 4.69) is 23.5 Å². The van der Waals surface area contributed by atoms with E-state index in [1.807, 2.05) is 6.92 Å². The van der Waals surface area contributed by atoms with Gasteiger partial charge in [-0.25, -0.2) is 0 Å². The van der Waals surface area contributed by atoms with Crippen LogP contribution in [0.4, 0.5) is 5.69 Å². The Morgan fingerprint density at radius 3 is 2.42 bits per heavy atom. The molecule has 1 atom stereocenters. The number of non-ortho nitro benzene ring substituents is 1. The molecule has 3 rings (SSSR count). The Balaban J connectivity index is 1.70. The van der Waals surface area contributed by atoms with Crippen LogP contribution in [0.2, 0.25) is 0 Å². The zero-order chi connectivity index (χ0) is 17.1. The summed E-state index contributed by atoms with van der Waals surface area (Å²) in [7, 11) is 0. The molecule has 0 aliphatic heterocycles. The van der Waals surface area contributed by atoms with E-state index in [1.165, 1.54) is 48.2 Å². The van der Waals surface area contributed by atoms with Crippen LogP contribution < -0.4 is 5.32 Å². The molecule has 1 aliphatic carbocycles. The highest BCUT2D eigenvalue weighted by Crippen LogP contribution is 2.25. The number of nitro groups is 1. The number of hydrogen-bond acceptors (Lipinski definition) is 3. The van der Waals surface area contributed by atoms with Crippen molar-refractivity contribution in [1.82, 2.24) is 5.32 Å². The van der Waals surface area contributed by atoms with Crippen molar-refractivity contribution in [2.45, 2.75) is 38.6 Å².